The summed E-state index contributed by atoms with van der Waals surface area (Å²) < 4.78 is 6.36. The van der Waals surface area contributed by atoms with Gasteiger partial charge >= 0.3 is 0 Å². The largest absolute Gasteiger partial charge is 0.381 e. The average molecular weight is 383 g/mol. The number of thioether (sulfide) groups is 1. The van der Waals surface area contributed by atoms with Crippen LogP contribution in [0.15, 0.2) is 22.4 Å². The lowest BCUT2D eigenvalue weighted by molar-refractivity contribution is 0.0997. The van der Waals surface area contributed by atoms with E-state index in [1.807, 2.05) is 13.0 Å². The monoisotopic (exact) mass is 382 g/mol. The van der Waals surface area contributed by atoms with E-state index in [0.717, 1.165) is 35.1 Å². The molecule has 0 bridgehead atoms. The number of anilines is 1. The van der Waals surface area contributed by atoms with Gasteiger partial charge in [0.05, 0.1) is 14.6 Å². The molecular weight excluding hydrogens is 364 g/mol. The van der Waals surface area contributed by atoms with Crippen molar-refractivity contribution in [3.63, 3.8) is 0 Å². The van der Waals surface area contributed by atoms with E-state index >= 15 is 0 Å². The molecule has 0 atom stereocenters. The Labute approximate surface area is 152 Å². The molecule has 1 fully saturated rings. The summed E-state index contributed by atoms with van der Waals surface area (Å²) in [5.41, 5.74) is 5.84. The maximum absolute atomic E-state index is 12.3. The van der Waals surface area contributed by atoms with Crippen molar-refractivity contribution in [1.29, 1.82) is 0 Å². The molecule has 1 aliphatic heterocycles. The first kappa shape index (κ1) is 17.5. The molecule has 0 aromatic carbocycles. The summed E-state index contributed by atoms with van der Waals surface area (Å²) in [6, 6.07) is 5.46. The first-order valence-electron chi connectivity index (χ1n) is 7.59. The Kier molecular flexibility index (Phi) is 5.60. The third-order valence-corrected chi connectivity index (χ3v) is 7.16. The van der Waals surface area contributed by atoms with Gasteiger partial charge in [-0.3, -0.25) is 9.59 Å². The highest BCUT2D eigenvalue weighted by molar-refractivity contribution is 8.01. The van der Waals surface area contributed by atoms with Crippen LogP contribution in [0.1, 0.15) is 37.7 Å². The second kappa shape index (κ2) is 7.69. The van der Waals surface area contributed by atoms with Crippen LogP contribution in [0.3, 0.4) is 0 Å². The fraction of sp³-hybridized carbons (Fsp3) is 0.375. The molecule has 8 heteroatoms. The molecule has 0 saturated carbocycles. The van der Waals surface area contributed by atoms with Crippen LogP contribution in [0.25, 0.3) is 0 Å². The van der Waals surface area contributed by atoms with Crippen molar-refractivity contribution < 1.29 is 14.3 Å². The molecule has 128 valence electrons. The lowest BCUT2D eigenvalue weighted by atomic mass is 10.2. The van der Waals surface area contributed by atoms with Crippen LogP contribution in [0, 0.1) is 6.92 Å². The molecule has 2 aromatic heterocycles. The number of amides is 2. The summed E-state index contributed by atoms with van der Waals surface area (Å²) in [6.45, 7) is 3.49. The Morgan fingerprint density at radius 1 is 1.29 bits per heavy atom. The third-order valence-electron chi connectivity index (χ3n) is 3.62. The van der Waals surface area contributed by atoms with Crippen molar-refractivity contribution in [1.82, 2.24) is 0 Å². The van der Waals surface area contributed by atoms with Crippen LogP contribution in [0.5, 0.6) is 0 Å². The van der Waals surface area contributed by atoms with Gasteiger partial charge in [-0.15, -0.1) is 34.4 Å². The Morgan fingerprint density at radius 2 is 2.04 bits per heavy atom. The number of hydrogen-bond donors (Lipinski definition) is 2. The quantitative estimate of drug-likeness (QED) is 0.825. The standard InChI is InChI=1S/C16H18N2O3S3/c1-9-2-3-12(22-9)15(20)18-16-11(14(17)19)8-13(24-16)23-10-4-6-21-7-5-10/h2-3,8,10H,4-7H2,1H3,(H2,17,19)(H,18,20). The van der Waals surface area contributed by atoms with Gasteiger partial charge in [0.2, 0.25) is 0 Å². The molecule has 3 rings (SSSR count). The number of ether oxygens (including phenoxy) is 1. The molecule has 2 amide bonds. The van der Waals surface area contributed by atoms with Crippen molar-refractivity contribution in [3.05, 3.63) is 33.5 Å². The number of carbonyl (C=O) groups is 2. The van der Waals surface area contributed by atoms with Gasteiger partial charge in [-0.2, -0.15) is 0 Å². The first-order chi connectivity index (χ1) is 11.5. The Morgan fingerprint density at radius 3 is 2.67 bits per heavy atom. The molecule has 0 radical (unpaired) electrons. The van der Waals surface area contributed by atoms with E-state index in [0.29, 0.717) is 20.7 Å². The van der Waals surface area contributed by atoms with Gasteiger partial charge in [-0.1, -0.05) is 0 Å². The number of primary amides is 1. The van der Waals surface area contributed by atoms with Crippen LogP contribution < -0.4 is 11.1 Å². The van der Waals surface area contributed by atoms with Gasteiger partial charge in [0.15, 0.2) is 0 Å². The lowest BCUT2D eigenvalue weighted by Gasteiger charge is -2.20. The van der Waals surface area contributed by atoms with Gasteiger partial charge in [0, 0.05) is 23.3 Å². The second-order valence-electron chi connectivity index (χ2n) is 5.47. The minimum absolute atomic E-state index is 0.208. The summed E-state index contributed by atoms with van der Waals surface area (Å²) in [4.78, 5) is 25.7. The van der Waals surface area contributed by atoms with Gasteiger partial charge in [0.1, 0.15) is 5.00 Å². The Hall–Kier alpha value is -1.35. The van der Waals surface area contributed by atoms with E-state index < -0.39 is 5.91 Å². The summed E-state index contributed by atoms with van der Waals surface area (Å²) in [5.74, 6) is -0.734. The lowest BCUT2D eigenvalue weighted by Crippen LogP contribution is -2.17. The SMILES string of the molecule is Cc1ccc(C(=O)Nc2sc(SC3CCOCC3)cc2C(N)=O)s1. The van der Waals surface area contributed by atoms with Crippen molar-refractivity contribution in [3.8, 4) is 0 Å². The zero-order valence-corrected chi connectivity index (χ0v) is 15.6. The van der Waals surface area contributed by atoms with Gasteiger partial charge in [-0.25, -0.2) is 0 Å². The summed E-state index contributed by atoms with van der Waals surface area (Å²) in [6.07, 6.45) is 1.98. The zero-order chi connectivity index (χ0) is 17.1. The normalized spacial score (nSPS) is 15.4. The highest BCUT2D eigenvalue weighted by Gasteiger charge is 2.21. The highest BCUT2D eigenvalue weighted by Crippen LogP contribution is 2.39. The maximum atomic E-state index is 12.3. The highest BCUT2D eigenvalue weighted by atomic mass is 32.2. The molecule has 1 saturated heterocycles. The molecule has 3 N–H and O–H groups in total. The molecule has 1 aliphatic rings. The smallest absolute Gasteiger partial charge is 0.266 e. The van der Waals surface area contributed by atoms with E-state index in [1.165, 1.54) is 22.7 Å². The molecule has 2 aromatic rings. The summed E-state index contributed by atoms with van der Waals surface area (Å²) in [7, 11) is 0. The summed E-state index contributed by atoms with van der Waals surface area (Å²) >= 11 is 4.55. The van der Waals surface area contributed by atoms with Gasteiger partial charge in [-0.05, 0) is 38.0 Å². The number of carbonyl (C=O) groups excluding carboxylic acids is 2. The van der Waals surface area contributed by atoms with Crippen LogP contribution in [-0.2, 0) is 4.74 Å². The molecular formula is C16H18N2O3S3. The van der Waals surface area contributed by atoms with Crippen molar-refractivity contribution in [2.75, 3.05) is 18.5 Å². The molecule has 0 aliphatic carbocycles. The van der Waals surface area contributed by atoms with Gasteiger partial charge < -0.3 is 15.8 Å². The topological polar surface area (TPSA) is 81.4 Å². The molecule has 0 unspecified atom stereocenters. The number of hydrogen-bond acceptors (Lipinski definition) is 6. The number of rotatable bonds is 5. The maximum Gasteiger partial charge on any atom is 0.266 e. The predicted octanol–water partition coefficient (Wildman–Crippen LogP) is 3.74. The minimum Gasteiger partial charge on any atom is -0.381 e. The van der Waals surface area contributed by atoms with Crippen LogP contribution in [-0.4, -0.2) is 30.3 Å². The Balaban J connectivity index is 1.75. The van der Waals surface area contributed by atoms with E-state index in [-0.39, 0.29) is 5.91 Å². The molecule has 5 nitrogen and oxygen atoms in total. The zero-order valence-electron chi connectivity index (χ0n) is 13.2. The molecule has 3 heterocycles. The Bertz CT molecular complexity index is 748. The molecule has 0 spiro atoms. The van der Waals surface area contributed by atoms with Crippen molar-refractivity contribution >= 4 is 51.3 Å². The second-order valence-corrected chi connectivity index (χ2v) is 9.41. The average Bonchev–Trinajstić information content (AvgIpc) is 3.15. The number of aryl methyl sites for hydroxylation is 1. The fourth-order valence-corrected chi connectivity index (χ4v) is 5.73. The van der Waals surface area contributed by atoms with Gasteiger partial charge in [0.25, 0.3) is 11.8 Å². The minimum atomic E-state index is -0.525. The van der Waals surface area contributed by atoms with Crippen LogP contribution in [0.2, 0.25) is 0 Å². The third kappa shape index (κ3) is 4.18. The first-order valence-corrected chi connectivity index (χ1v) is 10.1. The van der Waals surface area contributed by atoms with Crippen LogP contribution >= 0.6 is 34.4 Å². The van der Waals surface area contributed by atoms with E-state index in [9.17, 15) is 9.59 Å². The number of thiophene rings is 2. The molecule has 24 heavy (non-hydrogen) atoms. The van der Waals surface area contributed by atoms with E-state index in [4.69, 9.17) is 10.5 Å². The van der Waals surface area contributed by atoms with Crippen molar-refractivity contribution in [2.45, 2.75) is 29.2 Å². The number of nitrogens with one attached hydrogen (secondary N) is 1. The number of nitrogens with two attached hydrogens (primary N) is 1. The van der Waals surface area contributed by atoms with E-state index in [1.54, 1.807) is 23.9 Å². The van der Waals surface area contributed by atoms with Crippen molar-refractivity contribution in [2.24, 2.45) is 5.73 Å². The summed E-state index contributed by atoms with van der Waals surface area (Å²) in [5, 5.41) is 3.83. The predicted molar refractivity (Wildman–Crippen MR) is 99.5 cm³/mol. The van der Waals surface area contributed by atoms with E-state index in [2.05, 4.69) is 5.32 Å². The van der Waals surface area contributed by atoms with Crippen LogP contribution in [0.4, 0.5) is 5.00 Å². The fourth-order valence-electron chi connectivity index (χ4n) is 2.38.